The Morgan fingerprint density at radius 3 is 3.28 bits per heavy atom. The van der Waals surface area contributed by atoms with Crippen LogP contribution in [0.1, 0.15) is 18.7 Å². The predicted octanol–water partition coefficient (Wildman–Crippen LogP) is 1.29. The molecular weight excluding hydrogens is 230 g/mol. The van der Waals surface area contributed by atoms with Gasteiger partial charge in [-0.2, -0.15) is 0 Å². The summed E-state index contributed by atoms with van der Waals surface area (Å²) in [5, 5.41) is 0.595. The van der Waals surface area contributed by atoms with E-state index in [-0.39, 0.29) is 5.56 Å². The molecule has 0 spiro atoms. The van der Waals surface area contributed by atoms with Crippen LogP contribution in [0.4, 0.5) is 0 Å². The van der Waals surface area contributed by atoms with Gasteiger partial charge in [-0.25, -0.2) is 4.98 Å². The van der Waals surface area contributed by atoms with Gasteiger partial charge in [0, 0.05) is 25.8 Å². The van der Waals surface area contributed by atoms with Gasteiger partial charge in [0.1, 0.15) is 5.82 Å². The van der Waals surface area contributed by atoms with Crippen LogP contribution in [0.5, 0.6) is 0 Å². The van der Waals surface area contributed by atoms with Gasteiger partial charge in [0.2, 0.25) is 0 Å². The molecule has 2 aromatic rings. The summed E-state index contributed by atoms with van der Waals surface area (Å²) >= 11 is 0. The van der Waals surface area contributed by atoms with Crippen LogP contribution in [0, 0.1) is 5.92 Å². The first-order valence-corrected chi connectivity index (χ1v) is 6.23. The van der Waals surface area contributed by atoms with Crippen molar-refractivity contribution in [3.05, 3.63) is 34.6 Å². The molecule has 2 aromatic heterocycles. The van der Waals surface area contributed by atoms with Crippen molar-refractivity contribution in [2.75, 3.05) is 13.2 Å². The summed E-state index contributed by atoms with van der Waals surface area (Å²) in [6.45, 7) is 1.69. The van der Waals surface area contributed by atoms with Crippen LogP contribution >= 0.6 is 0 Å². The van der Waals surface area contributed by atoms with Crippen LogP contribution in [-0.2, 0) is 11.2 Å². The summed E-state index contributed by atoms with van der Waals surface area (Å²) in [6.07, 6.45) is 6.14. The van der Waals surface area contributed by atoms with Crippen molar-refractivity contribution >= 4 is 10.9 Å². The van der Waals surface area contributed by atoms with E-state index in [4.69, 9.17) is 4.74 Å². The van der Waals surface area contributed by atoms with Gasteiger partial charge in [-0.15, -0.1) is 0 Å². The number of aromatic nitrogens is 3. The second-order valence-corrected chi connectivity index (χ2v) is 4.67. The van der Waals surface area contributed by atoms with Crippen molar-refractivity contribution in [1.29, 1.82) is 0 Å². The van der Waals surface area contributed by atoms with Crippen LogP contribution in [0.2, 0.25) is 0 Å². The lowest BCUT2D eigenvalue weighted by atomic mass is 10.0. The highest BCUT2D eigenvalue weighted by Crippen LogP contribution is 2.18. The summed E-state index contributed by atoms with van der Waals surface area (Å²) in [5.74, 6) is 1.34. The lowest BCUT2D eigenvalue weighted by molar-refractivity contribution is 0.184. The Kier molecular flexibility index (Phi) is 3.06. The summed E-state index contributed by atoms with van der Waals surface area (Å²) in [6, 6.07) is 1.69. The smallest absolute Gasteiger partial charge is 0.258 e. The number of rotatable bonds is 3. The average Bonchev–Trinajstić information content (AvgIpc) is 2.90. The minimum atomic E-state index is -0.0833. The Bertz CT molecular complexity index is 602. The quantitative estimate of drug-likeness (QED) is 0.884. The Balaban J connectivity index is 1.81. The number of aryl methyl sites for hydroxylation is 1. The Morgan fingerprint density at radius 2 is 2.44 bits per heavy atom. The van der Waals surface area contributed by atoms with Crippen LogP contribution in [0.3, 0.4) is 0 Å². The molecule has 1 aliphatic heterocycles. The molecule has 3 rings (SSSR count). The topological polar surface area (TPSA) is 67.9 Å². The first-order valence-electron chi connectivity index (χ1n) is 6.23. The zero-order valence-corrected chi connectivity index (χ0v) is 10.1. The minimum absolute atomic E-state index is 0.0833. The van der Waals surface area contributed by atoms with Crippen LogP contribution in [-0.4, -0.2) is 28.2 Å². The Hall–Kier alpha value is -1.75. The second kappa shape index (κ2) is 4.86. The van der Waals surface area contributed by atoms with Crippen LogP contribution < -0.4 is 5.56 Å². The molecule has 1 N–H and O–H groups in total. The average molecular weight is 245 g/mol. The molecule has 3 heterocycles. The fourth-order valence-electron chi connectivity index (χ4n) is 2.31. The molecular formula is C13H15N3O2. The van der Waals surface area contributed by atoms with Gasteiger partial charge in [-0.05, 0) is 24.8 Å². The monoisotopic (exact) mass is 245 g/mol. The maximum Gasteiger partial charge on any atom is 0.258 e. The van der Waals surface area contributed by atoms with Crippen molar-refractivity contribution in [2.24, 2.45) is 5.92 Å². The van der Waals surface area contributed by atoms with Gasteiger partial charge in [-0.3, -0.25) is 9.78 Å². The number of fused-ring (bicyclic) bond motifs is 1. The van der Waals surface area contributed by atoms with E-state index in [1.165, 1.54) is 0 Å². The van der Waals surface area contributed by atoms with E-state index < -0.39 is 0 Å². The first-order chi connectivity index (χ1) is 8.83. The standard InChI is InChI=1S/C13H15N3O2/c17-13-10-3-5-14-7-11(10)15-12(16-13)2-1-9-4-6-18-8-9/h3,5,7,9H,1-2,4,6,8H2,(H,15,16,17). The zero-order valence-electron chi connectivity index (χ0n) is 10.1. The largest absolute Gasteiger partial charge is 0.381 e. The third-order valence-electron chi connectivity index (χ3n) is 3.37. The number of pyridine rings is 1. The lowest BCUT2D eigenvalue weighted by Gasteiger charge is -2.06. The highest BCUT2D eigenvalue weighted by Gasteiger charge is 2.16. The molecule has 5 nitrogen and oxygen atoms in total. The van der Waals surface area contributed by atoms with Crippen molar-refractivity contribution < 1.29 is 4.74 Å². The molecule has 0 radical (unpaired) electrons. The molecule has 1 unspecified atom stereocenters. The highest BCUT2D eigenvalue weighted by molar-refractivity contribution is 5.75. The highest BCUT2D eigenvalue weighted by atomic mass is 16.5. The van der Waals surface area contributed by atoms with Gasteiger partial charge >= 0.3 is 0 Å². The van der Waals surface area contributed by atoms with Crippen molar-refractivity contribution in [1.82, 2.24) is 15.0 Å². The van der Waals surface area contributed by atoms with Crippen LogP contribution in [0.25, 0.3) is 10.9 Å². The van der Waals surface area contributed by atoms with E-state index in [0.29, 0.717) is 16.8 Å². The molecule has 0 aliphatic carbocycles. The molecule has 0 bridgehead atoms. The van der Waals surface area contributed by atoms with Gasteiger partial charge in [0.25, 0.3) is 5.56 Å². The van der Waals surface area contributed by atoms with E-state index in [1.54, 1.807) is 18.5 Å². The lowest BCUT2D eigenvalue weighted by Crippen LogP contribution is -2.13. The van der Waals surface area contributed by atoms with E-state index in [9.17, 15) is 4.79 Å². The summed E-state index contributed by atoms with van der Waals surface area (Å²) in [4.78, 5) is 23.1. The fourth-order valence-corrected chi connectivity index (χ4v) is 2.31. The van der Waals surface area contributed by atoms with Crippen molar-refractivity contribution in [3.8, 4) is 0 Å². The number of nitrogens with one attached hydrogen (secondary N) is 1. The number of nitrogens with zero attached hydrogens (tertiary/aromatic N) is 2. The molecule has 1 saturated heterocycles. The van der Waals surface area contributed by atoms with E-state index >= 15 is 0 Å². The number of ether oxygens (including phenoxy) is 1. The molecule has 0 amide bonds. The molecule has 0 aromatic carbocycles. The summed E-state index contributed by atoms with van der Waals surface area (Å²) in [7, 11) is 0. The van der Waals surface area contributed by atoms with Crippen molar-refractivity contribution in [2.45, 2.75) is 19.3 Å². The molecule has 1 fully saturated rings. The summed E-state index contributed by atoms with van der Waals surface area (Å²) in [5.41, 5.74) is 0.582. The number of hydrogen-bond donors (Lipinski definition) is 1. The van der Waals surface area contributed by atoms with E-state index in [1.807, 2.05) is 0 Å². The molecule has 5 heteroatoms. The Morgan fingerprint density at radius 1 is 1.50 bits per heavy atom. The third kappa shape index (κ3) is 2.26. The summed E-state index contributed by atoms with van der Waals surface area (Å²) < 4.78 is 5.34. The minimum Gasteiger partial charge on any atom is -0.381 e. The van der Waals surface area contributed by atoms with Gasteiger partial charge in [0.15, 0.2) is 0 Å². The van der Waals surface area contributed by atoms with E-state index in [0.717, 1.165) is 38.3 Å². The van der Waals surface area contributed by atoms with Gasteiger partial charge in [-0.1, -0.05) is 0 Å². The van der Waals surface area contributed by atoms with Gasteiger partial charge < -0.3 is 9.72 Å². The number of aromatic amines is 1. The molecule has 0 saturated carbocycles. The Labute approximate surface area is 104 Å². The predicted molar refractivity (Wildman–Crippen MR) is 67.4 cm³/mol. The molecule has 1 aliphatic rings. The normalized spacial score (nSPS) is 19.4. The number of hydrogen-bond acceptors (Lipinski definition) is 4. The van der Waals surface area contributed by atoms with Crippen molar-refractivity contribution in [3.63, 3.8) is 0 Å². The van der Waals surface area contributed by atoms with Gasteiger partial charge in [0.05, 0.1) is 17.1 Å². The molecule has 1 atom stereocenters. The molecule has 18 heavy (non-hydrogen) atoms. The first kappa shape index (κ1) is 11.3. The second-order valence-electron chi connectivity index (χ2n) is 4.67. The number of H-pyrrole nitrogens is 1. The third-order valence-corrected chi connectivity index (χ3v) is 3.37. The fraction of sp³-hybridized carbons (Fsp3) is 0.462. The SMILES string of the molecule is O=c1[nH]c(CCC2CCOC2)nc2cnccc12. The maximum absolute atomic E-state index is 11.8. The van der Waals surface area contributed by atoms with Crippen LogP contribution in [0.15, 0.2) is 23.3 Å². The molecule has 94 valence electrons. The van der Waals surface area contributed by atoms with E-state index in [2.05, 4.69) is 15.0 Å². The zero-order chi connectivity index (χ0) is 12.4. The maximum atomic E-state index is 11.8.